The molecule has 0 spiro atoms. The van der Waals surface area contributed by atoms with Crippen molar-refractivity contribution in [3.05, 3.63) is 35.9 Å². The molecule has 0 aliphatic carbocycles. The number of nitrogens with one attached hydrogen (secondary N) is 1. The molecule has 16 heavy (non-hydrogen) atoms. The van der Waals surface area contributed by atoms with Crippen molar-refractivity contribution in [1.29, 1.82) is 0 Å². The van der Waals surface area contributed by atoms with Crippen LogP contribution in [0.25, 0.3) is 10.8 Å². The number of carbonyl (C=O) groups excluding carboxylic acids is 1. The van der Waals surface area contributed by atoms with E-state index in [4.69, 9.17) is 0 Å². The Hall–Kier alpha value is -2.03. The van der Waals surface area contributed by atoms with Crippen LogP contribution in [-0.4, -0.2) is 11.0 Å². The van der Waals surface area contributed by atoms with E-state index < -0.39 is 0 Å². The topological polar surface area (TPSA) is 49.3 Å². The summed E-state index contributed by atoms with van der Waals surface area (Å²) in [5.41, 5.74) is 1.49. The third-order valence-corrected chi connectivity index (χ3v) is 2.52. The van der Waals surface area contributed by atoms with Gasteiger partial charge in [-0.1, -0.05) is 24.3 Å². The van der Waals surface area contributed by atoms with E-state index in [9.17, 15) is 9.90 Å². The molecule has 1 amide bonds. The number of aromatic hydroxyl groups is 1. The van der Waals surface area contributed by atoms with Gasteiger partial charge in [0, 0.05) is 23.4 Å². The number of aryl methyl sites for hydroxylation is 1. The average Bonchev–Trinajstić information content (AvgIpc) is 2.25. The highest BCUT2D eigenvalue weighted by Gasteiger charge is 2.08. The van der Waals surface area contributed by atoms with Gasteiger partial charge in [0.15, 0.2) is 0 Å². The van der Waals surface area contributed by atoms with E-state index in [1.165, 1.54) is 6.92 Å². The number of phenols is 1. The number of carbonyl (C=O) groups is 1. The molecule has 2 aromatic carbocycles. The van der Waals surface area contributed by atoms with Gasteiger partial charge in [-0.15, -0.1) is 0 Å². The largest absolute Gasteiger partial charge is 0.507 e. The number of fused-ring (bicyclic) bond motifs is 1. The fourth-order valence-electron chi connectivity index (χ4n) is 1.79. The molecule has 0 fully saturated rings. The molecular weight excluding hydrogens is 202 g/mol. The first-order chi connectivity index (χ1) is 7.59. The number of amides is 1. The molecule has 82 valence electrons. The van der Waals surface area contributed by atoms with Gasteiger partial charge in [-0.05, 0) is 18.6 Å². The predicted molar refractivity (Wildman–Crippen MR) is 64.7 cm³/mol. The molecule has 0 atom stereocenters. The van der Waals surface area contributed by atoms with Gasteiger partial charge in [0.2, 0.25) is 5.91 Å². The summed E-state index contributed by atoms with van der Waals surface area (Å²) < 4.78 is 0. The van der Waals surface area contributed by atoms with E-state index in [1.54, 1.807) is 6.07 Å². The van der Waals surface area contributed by atoms with Gasteiger partial charge in [-0.2, -0.15) is 0 Å². The highest BCUT2D eigenvalue weighted by atomic mass is 16.3. The van der Waals surface area contributed by atoms with Crippen LogP contribution in [0.5, 0.6) is 5.75 Å². The van der Waals surface area contributed by atoms with Crippen molar-refractivity contribution in [3.8, 4) is 5.75 Å². The Morgan fingerprint density at radius 1 is 1.25 bits per heavy atom. The van der Waals surface area contributed by atoms with Crippen molar-refractivity contribution < 1.29 is 9.90 Å². The monoisotopic (exact) mass is 215 g/mol. The first-order valence-corrected chi connectivity index (χ1v) is 5.08. The molecule has 0 bridgehead atoms. The summed E-state index contributed by atoms with van der Waals surface area (Å²) in [4.78, 5) is 11.1. The van der Waals surface area contributed by atoms with Gasteiger partial charge in [-0.3, -0.25) is 4.79 Å². The number of anilines is 1. The molecule has 0 saturated heterocycles. The van der Waals surface area contributed by atoms with Gasteiger partial charge in [-0.25, -0.2) is 0 Å². The molecule has 0 unspecified atom stereocenters. The molecule has 3 nitrogen and oxygen atoms in total. The van der Waals surface area contributed by atoms with E-state index in [0.29, 0.717) is 0 Å². The van der Waals surface area contributed by atoms with Crippen molar-refractivity contribution in [2.75, 3.05) is 5.32 Å². The lowest BCUT2D eigenvalue weighted by molar-refractivity contribution is -0.114. The molecule has 3 heteroatoms. The Kier molecular flexibility index (Phi) is 2.52. The summed E-state index contributed by atoms with van der Waals surface area (Å²) in [6.07, 6.45) is 0. The van der Waals surface area contributed by atoms with Crippen LogP contribution in [0, 0.1) is 6.92 Å². The van der Waals surface area contributed by atoms with Gasteiger partial charge in [0.1, 0.15) is 5.75 Å². The Labute approximate surface area is 93.7 Å². The summed E-state index contributed by atoms with van der Waals surface area (Å²) in [5.74, 6) is 0.153. The highest BCUT2D eigenvalue weighted by Crippen LogP contribution is 2.33. The van der Waals surface area contributed by atoms with E-state index >= 15 is 0 Å². The minimum absolute atomic E-state index is 0.116. The summed E-state index contributed by atoms with van der Waals surface area (Å²) in [5, 5.41) is 14.3. The fraction of sp³-hybridized carbons (Fsp3) is 0.154. The van der Waals surface area contributed by atoms with Crippen molar-refractivity contribution >= 4 is 22.4 Å². The molecule has 2 rings (SSSR count). The van der Waals surface area contributed by atoms with Crippen LogP contribution in [0.4, 0.5) is 5.69 Å². The number of benzene rings is 2. The molecule has 0 aromatic heterocycles. The third-order valence-electron chi connectivity index (χ3n) is 2.52. The van der Waals surface area contributed by atoms with Gasteiger partial charge < -0.3 is 10.4 Å². The summed E-state index contributed by atoms with van der Waals surface area (Å²) in [6, 6.07) is 9.23. The van der Waals surface area contributed by atoms with Gasteiger partial charge in [0.05, 0.1) is 0 Å². The molecule has 0 aliphatic heterocycles. The summed E-state index contributed by atoms with van der Waals surface area (Å²) in [6.45, 7) is 3.28. The number of hydrogen-bond donors (Lipinski definition) is 2. The summed E-state index contributed by atoms with van der Waals surface area (Å²) >= 11 is 0. The zero-order valence-electron chi connectivity index (χ0n) is 9.24. The maximum absolute atomic E-state index is 11.1. The molecular formula is C13H13NO2. The van der Waals surface area contributed by atoms with Gasteiger partial charge >= 0.3 is 0 Å². The fourth-order valence-corrected chi connectivity index (χ4v) is 1.79. The molecule has 0 heterocycles. The van der Waals surface area contributed by atoms with Crippen LogP contribution in [-0.2, 0) is 4.79 Å². The summed E-state index contributed by atoms with van der Waals surface area (Å²) in [7, 11) is 0. The molecule has 0 saturated carbocycles. The Balaban J connectivity index is 2.74. The van der Waals surface area contributed by atoms with Crippen molar-refractivity contribution in [3.63, 3.8) is 0 Å². The second-order valence-corrected chi connectivity index (χ2v) is 3.82. The number of phenolic OH excluding ortho intramolecular Hbond substituents is 1. The average molecular weight is 215 g/mol. The lowest BCUT2D eigenvalue weighted by atomic mass is 10.0. The lowest BCUT2D eigenvalue weighted by Gasteiger charge is -2.10. The van der Waals surface area contributed by atoms with E-state index in [0.717, 1.165) is 22.0 Å². The van der Waals surface area contributed by atoms with Crippen LogP contribution in [0.2, 0.25) is 0 Å². The first kappa shape index (κ1) is 10.5. The number of rotatable bonds is 1. The normalized spacial score (nSPS) is 10.4. The standard InChI is InChI=1S/C13H13NO2/c1-8-7-12(14-9(2)15)10-5-3-4-6-11(10)13(8)16/h3-7,16H,1-2H3,(H,14,15). The van der Waals surface area contributed by atoms with Crippen molar-refractivity contribution in [1.82, 2.24) is 0 Å². The van der Waals surface area contributed by atoms with Crippen LogP contribution in [0.15, 0.2) is 30.3 Å². The Morgan fingerprint density at radius 3 is 2.50 bits per heavy atom. The second kappa shape index (κ2) is 3.85. The second-order valence-electron chi connectivity index (χ2n) is 3.82. The molecule has 0 radical (unpaired) electrons. The van der Waals surface area contributed by atoms with Crippen LogP contribution >= 0.6 is 0 Å². The van der Waals surface area contributed by atoms with Gasteiger partial charge in [0.25, 0.3) is 0 Å². The van der Waals surface area contributed by atoms with Crippen molar-refractivity contribution in [2.45, 2.75) is 13.8 Å². The predicted octanol–water partition coefficient (Wildman–Crippen LogP) is 2.81. The SMILES string of the molecule is CC(=O)Nc1cc(C)c(O)c2ccccc12. The van der Waals surface area contributed by atoms with Crippen LogP contribution in [0.3, 0.4) is 0 Å². The van der Waals surface area contributed by atoms with Crippen LogP contribution < -0.4 is 5.32 Å². The Morgan fingerprint density at radius 2 is 1.88 bits per heavy atom. The van der Waals surface area contributed by atoms with E-state index in [2.05, 4.69) is 5.32 Å². The molecule has 2 N–H and O–H groups in total. The van der Waals surface area contributed by atoms with Crippen molar-refractivity contribution in [2.24, 2.45) is 0 Å². The van der Waals surface area contributed by atoms with Crippen LogP contribution in [0.1, 0.15) is 12.5 Å². The number of hydrogen-bond acceptors (Lipinski definition) is 2. The molecule has 0 aliphatic rings. The molecule has 2 aromatic rings. The van der Waals surface area contributed by atoms with E-state index in [1.807, 2.05) is 31.2 Å². The zero-order chi connectivity index (χ0) is 11.7. The minimum Gasteiger partial charge on any atom is -0.507 e. The smallest absolute Gasteiger partial charge is 0.221 e. The lowest BCUT2D eigenvalue weighted by Crippen LogP contribution is -2.06. The maximum atomic E-state index is 11.1. The third kappa shape index (κ3) is 1.72. The first-order valence-electron chi connectivity index (χ1n) is 5.08. The zero-order valence-corrected chi connectivity index (χ0v) is 9.24. The minimum atomic E-state index is -0.116. The highest BCUT2D eigenvalue weighted by molar-refractivity contribution is 6.04. The maximum Gasteiger partial charge on any atom is 0.221 e. The van der Waals surface area contributed by atoms with E-state index in [-0.39, 0.29) is 11.7 Å². The Bertz CT molecular complexity index is 561. The quantitative estimate of drug-likeness (QED) is 0.718.